The summed E-state index contributed by atoms with van der Waals surface area (Å²) in [6.45, 7) is 1.41. The van der Waals surface area contributed by atoms with Crippen LogP contribution in [0.25, 0.3) is 16.9 Å². The van der Waals surface area contributed by atoms with Crippen LogP contribution in [0.4, 0.5) is 11.5 Å². The van der Waals surface area contributed by atoms with Crippen molar-refractivity contribution >= 4 is 29.0 Å². The Hall–Kier alpha value is -5.05. The number of hydrogen-bond acceptors (Lipinski definition) is 6. The lowest BCUT2D eigenvalue weighted by molar-refractivity contribution is -0.114. The van der Waals surface area contributed by atoms with Gasteiger partial charge in [0.25, 0.3) is 5.91 Å². The molecule has 0 radical (unpaired) electrons. The molecule has 3 aromatic heterocycles. The van der Waals surface area contributed by atoms with E-state index in [0.29, 0.717) is 28.7 Å². The Bertz CT molecular complexity index is 1510. The van der Waals surface area contributed by atoms with Crippen molar-refractivity contribution in [2.45, 2.75) is 6.92 Å². The Labute approximate surface area is 200 Å². The molecule has 0 unspecified atom stereocenters. The molecule has 0 saturated heterocycles. The molecule has 35 heavy (non-hydrogen) atoms. The Morgan fingerprint density at radius 2 is 1.66 bits per heavy atom. The third-order valence-electron chi connectivity index (χ3n) is 5.04. The molecule has 2 aromatic carbocycles. The molecule has 0 aliphatic rings. The minimum absolute atomic E-state index is 0.215. The van der Waals surface area contributed by atoms with Crippen LogP contribution in [0.5, 0.6) is 11.5 Å². The van der Waals surface area contributed by atoms with E-state index in [4.69, 9.17) is 4.74 Å². The van der Waals surface area contributed by atoms with Crippen LogP contribution in [0.15, 0.2) is 91.3 Å². The molecule has 0 bridgehead atoms. The molecule has 3 heterocycles. The zero-order valence-electron chi connectivity index (χ0n) is 18.7. The highest BCUT2D eigenvalue weighted by atomic mass is 16.5. The molecular formula is C26H20N6O3. The predicted molar refractivity (Wildman–Crippen MR) is 131 cm³/mol. The van der Waals surface area contributed by atoms with Gasteiger partial charge >= 0.3 is 0 Å². The Balaban J connectivity index is 1.32. The molecule has 2 amide bonds. The first-order valence-corrected chi connectivity index (χ1v) is 10.8. The van der Waals surface area contributed by atoms with Crippen molar-refractivity contribution in [2.75, 3.05) is 10.6 Å². The van der Waals surface area contributed by atoms with Crippen LogP contribution in [0, 0.1) is 0 Å². The number of aromatic nitrogens is 4. The molecule has 0 aliphatic heterocycles. The summed E-state index contributed by atoms with van der Waals surface area (Å²) in [6.07, 6.45) is 3.19. The summed E-state index contributed by atoms with van der Waals surface area (Å²) < 4.78 is 7.53. The molecule has 5 rings (SSSR count). The maximum atomic E-state index is 13.0. The summed E-state index contributed by atoms with van der Waals surface area (Å²) in [7, 11) is 0. The Morgan fingerprint density at radius 1 is 0.857 bits per heavy atom. The minimum atomic E-state index is -0.339. The van der Waals surface area contributed by atoms with E-state index in [-0.39, 0.29) is 17.5 Å². The number of fused-ring (bicyclic) bond motifs is 1. The van der Waals surface area contributed by atoms with Crippen LogP contribution in [-0.4, -0.2) is 31.4 Å². The Morgan fingerprint density at radius 3 is 2.43 bits per heavy atom. The second kappa shape index (κ2) is 9.44. The van der Waals surface area contributed by atoms with Crippen molar-refractivity contribution in [1.82, 2.24) is 19.6 Å². The van der Waals surface area contributed by atoms with Gasteiger partial charge in [0.15, 0.2) is 5.65 Å². The Kier molecular flexibility index (Phi) is 5.87. The first kappa shape index (κ1) is 21.8. The normalized spacial score (nSPS) is 10.7. The van der Waals surface area contributed by atoms with E-state index >= 15 is 0 Å². The van der Waals surface area contributed by atoms with Gasteiger partial charge in [-0.3, -0.25) is 9.59 Å². The number of benzene rings is 2. The third-order valence-corrected chi connectivity index (χ3v) is 5.04. The molecule has 9 nitrogen and oxygen atoms in total. The van der Waals surface area contributed by atoms with E-state index in [2.05, 4.69) is 25.7 Å². The molecule has 5 aromatic rings. The SMILES string of the molecule is CC(=O)Nc1cc(Oc2ccc(NC(=O)c3cc(-c4ccccc4)n4nccc4n3)cc2)ccn1. The van der Waals surface area contributed by atoms with Gasteiger partial charge in [-0.1, -0.05) is 30.3 Å². The van der Waals surface area contributed by atoms with E-state index in [1.165, 1.54) is 6.92 Å². The van der Waals surface area contributed by atoms with Crippen LogP contribution in [-0.2, 0) is 4.79 Å². The van der Waals surface area contributed by atoms with Crippen LogP contribution >= 0.6 is 0 Å². The fourth-order valence-electron chi connectivity index (χ4n) is 3.50. The molecule has 9 heteroatoms. The summed E-state index contributed by atoms with van der Waals surface area (Å²) in [5.74, 6) is 0.929. The van der Waals surface area contributed by atoms with Crippen molar-refractivity contribution in [3.8, 4) is 22.8 Å². The van der Waals surface area contributed by atoms with Gasteiger partial charge in [-0.05, 0) is 36.4 Å². The maximum absolute atomic E-state index is 13.0. The monoisotopic (exact) mass is 464 g/mol. The van der Waals surface area contributed by atoms with E-state index in [1.807, 2.05) is 30.3 Å². The number of rotatable bonds is 6. The number of carbonyl (C=O) groups excluding carboxylic acids is 2. The number of nitrogens with one attached hydrogen (secondary N) is 2. The second-order valence-corrected chi connectivity index (χ2v) is 7.63. The molecule has 0 saturated carbocycles. The zero-order chi connectivity index (χ0) is 24.2. The summed E-state index contributed by atoms with van der Waals surface area (Å²) >= 11 is 0. The van der Waals surface area contributed by atoms with Crippen molar-refractivity contribution in [3.63, 3.8) is 0 Å². The van der Waals surface area contributed by atoms with Crippen molar-refractivity contribution in [3.05, 3.63) is 97.0 Å². The largest absolute Gasteiger partial charge is 0.457 e. The van der Waals surface area contributed by atoms with Crippen LogP contribution in [0.2, 0.25) is 0 Å². The van der Waals surface area contributed by atoms with Gasteiger partial charge in [-0.15, -0.1) is 0 Å². The van der Waals surface area contributed by atoms with E-state index in [0.717, 1.165) is 11.3 Å². The third kappa shape index (κ3) is 4.98. The predicted octanol–water partition coefficient (Wildman–Crippen LogP) is 4.79. The maximum Gasteiger partial charge on any atom is 0.274 e. The molecule has 172 valence electrons. The van der Waals surface area contributed by atoms with Crippen molar-refractivity contribution in [1.29, 1.82) is 0 Å². The standard InChI is InChI=1S/C26H20N6O3/c1-17(33)29-24-15-21(11-13-27-24)35-20-9-7-19(8-10-20)30-26(34)22-16-23(18-5-3-2-4-6-18)32-25(31-22)12-14-28-32/h2-16H,1H3,(H,30,34)(H,27,29,33). The van der Waals surface area contributed by atoms with Crippen molar-refractivity contribution in [2.24, 2.45) is 0 Å². The first-order valence-electron chi connectivity index (χ1n) is 10.8. The van der Waals surface area contributed by atoms with Gasteiger partial charge in [0.1, 0.15) is 23.0 Å². The number of amides is 2. The molecular weight excluding hydrogens is 444 g/mol. The number of pyridine rings is 1. The van der Waals surface area contributed by atoms with Gasteiger partial charge in [0.2, 0.25) is 5.91 Å². The smallest absolute Gasteiger partial charge is 0.274 e. The number of nitrogens with zero attached hydrogens (tertiary/aromatic N) is 4. The zero-order valence-corrected chi connectivity index (χ0v) is 18.7. The highest BCUT2D eigenvalue weighted by Crippen LogP contribution is 2.25. The number of anilines is 2. The van der Waals surface area contributed by atoms with Gasteiger partial charge < -0.3 is 15.4 Å². The van der Waals surface area contributed by atoms with Gasteiger partial charge in [0.05, 0.1) is 11.9 Å². The van der Waals surface area contributed by atoms with Gasteiger partial charge in [-0.25, -0.2) is 14.5 Å². The molecule has 0 fully saturated rings. The van der Waals surface area contributed by atoms with Crippen LogP contribution in [0.3, 0.4) is 0 Å². The lowest BCUT2D eigenvalue weighted by Crippen LogP contribution is -2.15. The summed E-state index contributed by atoms with van der Waals surface area (Å²) in [4.78, 5) is 32.7. The van der Waals surface area contributed by atoms with E-state index in [9.17, 15) is 9.59 Å². The molecule has 2 N–H and O–H groups in total. The van der Waals surface area contributed by atoms with E-state index in [1.54, 1.807) is 65.4 Å². The van der Waals surface area contributed by atoms with Gasteiger partial charge in [0, 0.05) is 36.5 Å². The summed E-state index contributed by atoms with van der Waals surface area (Å²) in [5, 5.41) is 9.81. The molecule has 0 aliphatic carbocycles. The van der Waals surface area contributed by atoms with Crippen LogP contribution < -0.4 is 15.4 Å². The topological polar surface area (TPSA) is 111 Å². The summed E-state index contributed by atoms with van der Waals surface area (Å²) in [6, 6.07) is 23.4. The van der Waals surface area contributed by atoms with Gasteiger partial charge in [-0.2, -0.15) is 5.10 Å². The fourth-order valence-corrected chi connectivity index (χ4v) is 3.50. The minimum Gasteiger partial charge on any atom is -0.457 e. The summed E-state index contributed by atoms with van der Waals surface area (Å²) in [5.41, 5.74) is 3.14. The molecule has 0 spiro atoms. The lowest BCUT2D eigenvalue weighted by atomic mass is 10.1. The average Bonchev–Trinajstić information content (AvgIpc) is 3.34. The van der Waals surface area contributed by atoms with E-state index < -0.39 is 0 Å². The number of hydrogen-bond donors (Lipinski definition) is 2. The second-order valence-electron chi connectivity index (χ2n) is 7.63. The first-order chi connectivity index (χ1) is 17.0. The number of ether oxygens (including phenoxy) is 1. The van der Waals surface area contributed by atoms with Crippen LogP contribution in [0.1, 0.15) is 17.4 Å². The lowest BCUT2D eigenvalue weighted by Gasteiger charge is -2.10. The van der Waals surface area contributed by atoms with Crippen molar-refractivity contribution < 1.29 is 14.3 Å². The number of carbonyl (C=O) groups is 2. The molecule has 0 atom stereocenters. The highest BCUT2D eigenvalue weighted by Gasteiger charge is 2.14. The fraction of sp³-hybridized carbons (Fsp3) is 0.0385. The highest BCUT2D eigenvalue weighted by molar-refractivity contribution is 6.03. The average molecular weight is 464 g/mol. The quantitative estimate of drug-likeness (QED) is 0.374.